The normalized spacial score (nSPS) is 19.0. The topological polar surface area (TPSA) is 21.3 Å². The molecule has 0 radical (unpaired) electrons. The van der Waals surface area contributed by atoms with E-state index >= 15 is 0 Å². The molecule has 1 aliphatic rings. The van der Waals surface area contributed by atoms with Crippen molar-refractivity contribution in [2.45, 2.75) is 58.9 Å². The monoisotopic (exact) mass is 289 g/mol. The van der Waals surface area contributed by atoms with E-state index in [4.69, 9.17) is 4.74 Å². The van der Waals surface area contributed by atoms with Crippen molar-refractivity contribution in [1.29, 1.82) is 0 Å². The first-order valence-electron chi connectivity index (χ1n) is 8.34. The van der Waals surface area contributed by atoms with E-state index in [9.17, 15) is 0 Å². The van der Waals surface area contributed by atoms with Gasteiger partial charge in [-0.05, 0) is 67.8 Å². The molecule has 0 saturated heterocycles. The Kier molecular flexibility index (Phi) is 5.32. The van der Waals surface area contributed by atoms with Crippen LogP contribution in [0.4, 0.5) is 0 Å². The molecule has 0 aliphatic heterocycles. The summed E-state index contributed by atoms with van der Waals surface area (Å²) in [6.45, 7) is 6.92. The van der Waals surface area contributed by atoms with E-state index in [1.165, 1.54) is 43.2 Å². The average Bonchev–Trinajstić information content (AvgIpc) is 2.89. The SMILES string of the molecule is CNC(c1ccc(OC)cc1C)C1(CC(C)C)CCCC1. The van der Waals surface area contributed by atoms with Gasteiger partial charge in [-0.25, -0.2) is 0 Å². The molecule has 2 nitrogen and oxygen atoms in total. The summed E-state index contributed by atoms with van der Waals surface area (Å²) < 4.78 is 5.36. The molecule has 2 heteroatoms. The van der Waals surface area contributed by atoms with Crippen LogP contribution in [0.15, 0.2) is 18.2 Å². The van der Waals surface area contributed by atoms with E-state index in [-0.39, 0.29) is 0 Å². The van der Waals surface area contributed by atoms with E-state index in [2.05, 4.69) is 51.3 Å². The number of benzene rings is 1. The largest absolute Gasteiger partial charge is 0.497 e. The van der Waals surface area contributed by atoms with Gasteiger partial charge in [-0.2, -0.15) is 0 Å². The van der Waals surface area contributed by atoms with Gasteiger partial charge in [0, 0.05) is 6.04 Å². The molecule has 1 atom stereocenters. The van der Waals surface area contributed by atoms with Gasteiger partial charge in [0.25, 0.3) is 0 Å². The van der Waals surface area contributed by atoms with Crippen LogP contribution in [0.3, 0.4) is 0 Å². The predicted molar refractivity (Wildman–Crippen MR) is 89.9 cm³/mol. The van der Waals surface area contributed by atoms with E-state index < -0.39 is 0 Å². The molecule has 0 bridgehead atoms. The average molecular weight is 289 g/mol. The summed E-state index contributed by atoms with van der Waals surface area (Å²) in [4.78, 5) is 0. The highest BCUT2D eigenvalue weighted by molar-refractivity contribution is 5.37. The van der Waals surface area contributed by atoms with Gasteiger partial charge in [-0.1, -0.05) is 32.8 Å². The van der Waals surface area contributed by atoms with Gasteiger partial charge in [0.1, 0.15) is 5.75 Å². The van der Waals surface area contributed by atoms with Crippen LogP contribution in [0.5, 0.6) is 5.75 Å². The second kappa shape index (κ2) is 6.83. The predicted octanol–water partition coefficient (Wildman–Crippen LogP) is 4.87. The summed E-state index contributed by atoms with van der Waals surface area (Å²) in [5.74, 6) is 1.70. The minimum absolute atomic E-state index is 0.419. The van der Waals surface area contributed by atoms with Crippen LogP contribution in [0.2, 0.25) is 0 Å². The van der Waals surface area contributed by atoms with Crippen molar-refractivity contribution in [1.82, 2.24) is 5.32 Å². The van der Waals surface area contributed by atoms with Gasteiger partial charge in [0.2, 0.25) is 0 Å². The summed E-state index contributed by atoms with van der Waals surface area (Å²) >= 11 is 0. The zero-order valence-corrected chi connectivity index (χ0v) is 14.3. The first-order chi connectivity index (χ1) is 10.0. The highest BCUT2D eigenvalue weighted by atomic mass is 16.5. The molecular formula is C19H31NO. The lowest BCUT2D eigenvalue weighted by Gasteiger charge is -2.40. The second-order valence-corrected chi connectivity index (χ2v) is 7.11. The number of ether oxygens (including phenoxy) is 1. The van der Waals surface area contributed by atoms with E-state index in [0.717, 1.165) is 11.7 Å². The van der Waals surface area contributed by atoms with Crippen molar-refractivity contribution in [3.8, 4) is 5.75 Å². The summed E-state index contributed by atoms with van der Waals surface area (Å²) in [5, 5.41) is 3.64. The molecule has 21 heavy (non-hydrogen) atoms. The summed E-state index contributed by atoms with van der Waals surface area (Å²) in [5.41, 5.74) is 3.20. The first kappa shape index (κ1) is 16.4. The molecule has 0 aromatic heterocycles. The van der Waals surface area contributed by atoms with Crippen LogP contribution in [-0.2, 0) is 0 Å². The Morgan fingerprint density at radius 3 is 2.38 bits per heavy atom. The molecule has 1 aliphatic carbocycles. The lowest BCUT2D eigenvalue weighted by Crippen LogP contribution is -2.36. The second-order valence-electron chi connectivity index (χ2n) is 7.11. The van der Waals surface area contributed by atoms with Crippen molar-refractivity contribution in [2.75, 3.05) is 14.2 Å². The molecule has 0 amide bonds. The molecule has 0 heterocycles. The lowest BCUT2D eigenvalue weighted by atomic mass is 9.69. The Balaban J connectivity index is 2.36. The van der Waals surface area contributed by atoms with Gasteiger partial charge < -0.3 is 10.1 Å². The Labute approximate surface area is 130 Å². The fraction of sp³-hybridized carbons (Fsp3) is 0.684. The minimum Gasteiger partial charge on any atom is -0.497 e. The third kappa shape index (κ3) is 3.42. The number of methoxy groups -OCH3 is 1. The molecule has 118 valence electrons. The summed E-state index contributed by atoms with van der Waals surface area (Å²) in [6.07, 6.45) is 6.76. The molecule has 0 spiro atoms. The summed E-state index contributed by atoms with van der Waals surface area (Å²) in [7, 11) is 3.86. The Morgan fingerprint density at radius 1 is 1.24 bits per heavy atom. The highest BCUT2D eigenvalue weighted by Gasteiger charge is 2.42. The van der Waals surface area contributed by atoms with Gasteiger partial charge in [-0.3, -0.25) is 0 Å². The fourth-order valence-corrected chi connectivity index (χ4v) is 4.39. The lowest BCUT2D eigenvalue weighted by molar-refractivity contribution is 0.161. The molecule has 1 N–H and O–H groups in total. The third-order valence-electron chi connectivity index (χ3n) is 5.10. The van der Waals surface area contributed by atoms with Crippen molar-refractivity contribution < 1.29 is 4.74 Å². The fourth-order valence-electron chi connectivity index (χ4n) is 4.39. The van der Waals surface area contributed by atoms with Gasteiger partial charge in [-0.15, -0.1) is 0 Å². The number of rotatable bonds is 6. The van der Waals surface area contributed by atoms with Crippen molar-refractivity contribution in [3.05, 3.63) is 29.3 Å². The van der Waals surface area contributed by atoms with E-state index in [1.807, 2.05) is 0 Å². The van der Waals surface area contributed by atoms with Crippen molar-refractivity contribution in [2.24, 2.45) is 11.3 Å². The quantitative estimate of drug-likeness (QED) is 0.806. The van der Waals surface area contributed by atoms with Gasteiger partial charge in [0.15, 0.2) is 0 Å². The Hall–Kier alpha value is -1.02. The van der Waals surface area contributed by atoms with Crippen molar-refractivity contribution in [3.63, 3.8) is 0 Å². The Bertz CT molecular complexity index is 461. The van der Waals surface area contributed by atoms with Crippen LogP contribution >= 0.6 is 0 Å². The molecule has 1 aromatic carbocycles. The minimum atomic E-state index is 0.419. The summed E-state index contributed by atoms with van der Waals surface area (Å²) in [6, 6.07) is 6.98. The van der Waals surface area contributed by atoms with Crippen LogP contribution in [-0.4, -0.2) is 14.2 Å². The van der Waals surface area contributed by atoms with E-state index in [1.54, 1.807) is 7.11 Å². The zero-order chi connectivity index (χ0) is 15.5. The molecular weight excluding hydrogens is 258 g/mol. The first-order valence-corrected chi connectivity index (χ1v) is 8.34. The van der Waals surface area contributed by atoms with Crippen LogP contribution in [0.25, 0.3) is 0 Å². The maximum atomic E-state index is 5.36. The molecule has 1 saturated carbocycles. The smallest absolute Gasteiger partial charge is 0.119 e. The molecule has 1 fully saturated rings. The maximum Gasteiger partial charge on any atom is 0.119 e. The number of hydrogen-bond acceptors (Lipinski definition) is 2. The third-order valence-corrected chi connectivity index (χ3v) is 5.10. The standard InChI is InChI=1S/C19H31NO/c1-14(2)13-19(10-6-7-11-19)18(20-4)17-9-8-16(21-5)12-15(17)3/h8-9,12,14,18,20H,6-7,10-11,13H2,1-5H3. The molecule has 1 unspecified atom stereocenters. The maximum absolute atomic E-state index is 5.36. The number of nitrogens with one attached hydrogen (secondary N) is 1. The van der Waals surface area contributed by atoms with Crippen molar-refractivity contribution >= 4 is 0 Å². The van der Waals surface area contributed by atoms with Gasteiger partial charge in [0.05, 0.1) is 7.11 Å². The highest BCUT2D eigenvalue weighted by Crippen LogP contribution is 2.52. The molecule has 1 aromatic rings. The number of aryl methyl sites for hydroxylation is 1. The van der Waals surface area contributed by atoms with E-state index in [0.29, 0.717) is 11.5 Å². The molecule has 2 rings (SSSR count). The van der Waals surface area contributed by atoms with Crippen LogP contribution < -0.4 is 10.1 Å². The number of hydrogen-bond donors (Lipinski definition) is 1. The Morgan fingerprint density at radius 2 is 1.90 bits per heavy atom. The van der Waals surface area contributed by atoms with Gasteiger partial charge >= 0.3 is 0 Å². The zero-order valence-electron chi connectivity index (χ0n) is 14.3. The van der Waals surface area contributed by atoms with Crippen LogP contribution in [0, 0.1) is 18.3 Å². The van der Waals surface area contributed by atoms with Crippen LogP contribution in [0.1, 0.15) is 63.1 Å².